The van der Waals surface area contributed by atoms with Gasteiger partial charge in [0.1, 0.15) is 0 Å². The summed E-state index contributed by atoms with van der Waals surface area (Å²) in [5, 5.41) is 13.9. The number of carbonyl (C=O) groups excluding carboxylic acids is 1. The first kappa shape index (κ1) is 24.4. The molecule has 1 aromatic heterocycles. The highest BCUT2D eigenvalue weighted by Gasteiger charge is 2.21. The van der Waals surface area contributed by atoms with Crippen LogP contribution in [0.2, 0.25) is 0 Å². The fourth-order valence-electron chi connectivity index (χ4n) is 2.57. The van der Waals surface area contributed by atoms with Crippen LogP contribution in [0.3, 0.4) is 0 Å². The van der Waals surface area contributed by atoms with E-state index >= 15 is 0 Å². The Morgan fingerprint density at radius 2 is 1.82 bits per heavy atom. The Bertz CT molecular complexity index is 1200. The van der Waals surface area contributed by atoms with Gasteiger partial charge in [0.15, 0.2) is 0 Å². The van der Waals surface area contributed by atoms with Gasteiger partial charge in [-0.15, -0.1) is 5.10 Å². The van der Waals surface area contributed by atoms with Gasteiger partial charge in [0.2, 0.25) is 27.0 Å². The largest absolute Gasteiger partial charge is 0.325 e. The molecule has 0 fully saturated rings. The van der Waals surface area contributed by atoms with Gasteiger partial charge in [0.05, 0.1) is 16.9 Å². The summed E-state index contributed by atoms with van der Waals surface area (Å²) >= 11 is 1.15. The van der Waals surface area contributed by atoms with Crippen molar-refractivity contribution in [3.05, 3.63) is 60.2 Å². The molecule has 4 N–H and O–H groups in total. The molecular weight excluding hydrogens is 462 g/mol. The van der Waals surface area contributed by atoms with Crippen LogP contribution in [0.15, 0.2) is 69.8 Å². The van der Waals surface area contributed by atoms with E-state index in [1.54, 1.807) is 39.1 Å². The minimum Gasteiger partial charge on any atom is -0.325 e. The van der Waals surface area contributed by atoms with Crippen LogP contribution >= 0.6 is 11.8 Å². The molecule has 12 heteroatoms. The maximum absolute atomic E-state index is 12.3. The van der Waals surface area contributed by atoms with Crippen molar-refractivity contribution in [2.75, 3.05) is 16.5 Å². The van der Waals surface area contributed by atoms with E-state index in [0.29, 0.717) is 16.8 Å². The van der Waals surface area contributed by atoms with Crippen LogP contribution in [-0.4, -0.2) is 47.0 Å². The number of nitrogens with zero attached hydrogens (tertiary/aromatic N) is 3. The van der Waals surface area contributed by atoms with E-state index in [1.807, 2.05) is 30.3 Å². The summed E-state index contributed by atoms with van der Waals surface area (Å²) in [6, 6.07) is 15.6. The standard InChI is InChI=1S/C21H25N7O3S2/c1-21(2,3)28-33(30,31)17-11-9-16(10-12-17)23-18(29)14-32-20-24-19(26-27-20)25-22-13-15-7-5-4-6-8-15/h4-13,28H,14H2,1-3H3,(H,23,29)(H2,24,25,26,27)/b22-13+. The molecule has 3 rings (SSSR count). The van der Waals surface area contributed by atoms with E-state index in [4.69, 9.17) is 0 Å². The second-order valence-electron chi connectivity index (χ2n) is 7.96. The van der Waals surface area contributed by atoms with Gasteiger partial charge in [-0.3, -0.25) is 4.79 Å². The molecule has 0 aliphatic heterocycles. The first-order valence-electron chi connectivity index (χ1n) is 9.94. The highest BCUT2D eigenvalue weighted by Crippen LogP contribution is 2.18. The van der Waals surface area contributed by atoms with Gasteiger partial charge in [-0.1, -0.05) is 42.1 Å². The van der Waals surface area contributed by atoms with Gasteiger partial charge in [-0.2, -0.15) is 10.1 Å². The van der Waals surface area contributed by atoms with Crippen molar-refractivity contribution >= 4 is 45.5 Å². The number of H-pyrrole nitrogens is 1. The molecule has 0 aliphatic rings. The van der Waals surface area contributed by atoms with Gasteiger partial charge >= 0.3 is 0 Å². The lowest BCUT2D eigenvalue weighted by molar-refractivity contribution is -0.113. The van der Waals surface area contributed by atoms with Crippen molar-refractivity contribution in [3.63, 3.8) is 0 Å². The highest BCUT2D eigenvalue weighted by molar-refractivity contribution is 7.99. The van der Waals surface area contributed by atoms with Gasteiger partial charge in [-0.05, 0) is 50.6 Å². The molecule has 0 unspecified atom stereocenters. The predicted molar refractivity (Wildman–Crippen MR) is 130 cm³/mol. The van der Waals surface area contributed by atoms with Crippen molar-refractivity contribution in [2.45, 2.75) is 36.4 Å². The number of anilines is 2. The lowest BCUT2D eigenvalue weighted by Gasteiger charge is -2.20. The molecule has 0 bridgehead atoms. The zero-order valence-electron chi connectivity index (χ0n) is 18.4. The number of hydrazone groups is 1. The Morgan fingerprint density at radius 1 is 1.12 bits per heavy atom. The number of aromatic nitrogens is 3. The van der Waals surface area contributed by atoms with E-state index in [-0.39, 0.29) is 16.6 Å². The normalized spacial score (nSPS) is 12.1. The summed E-state index contributed by atoms with van der Waals surface area (Å²) in [6.45, 7) is 5.30. The SMILES string of the molecule is CC(C)(C)NS(=O)(=O)c1ccc(NC(=O)CSc2n[nH]c(N/N=C/c3ccccc3)n2)cc1. The van der Waals surface area contributed by atoms with Crippen LogP contribution in [0.1, 0.15) is 26.3 Å². The highest BCUT2D eigenvalue weighted by atomic mass is 32.2. The van der Waals surface area contributed by atoms with E-state index in [1.165, 1.54) is 12.1 Å². The molecule has 10 nitrogen and oxygen atoms in total. The fourth-order valence-corrected chi connectivity index (χ4v) is 4.59. The smallest absolute Gasteiger partial charge is 0.241 e. The van der Waals surface area contributed by atoms with Crippen molar-refractivity contribution in [3.8, 4) is 0 Å². The monoisotopic (exact) mass is 487 g/mol. The second kappa shape index (κ2) is 10.6. The zero-order chi connectivity index (χ0) is 23.9. The average Bonchev–Trinajstić information content (AvgIpc) is 3.19. The molecule has 0 saturated heterocycles. The Morgan fingerprint density at radius 3 is 2.48 bits per heavy atom. The molecule has 174 valence electrons. The summed E-state index contributed by atoms with van der Waals surface area (Å²) in [5.41, 5.74) is 3.58. The molecular formula is C21H25N7O3S2. The summed E-state index contributed by atoms with van der Waals surface area (Å²) in [6.07, 6.45) is 1.65. The number of hydrogen-bond acceptors (Lipinski definition) is 8. The number of sulfonamides is 1. The molecule has 0 aliphatic carbocycles. The van der Waals surface area contributed by atoms with Gasteiger partial charge in [0.25, 0.3) is 0 Å². The van der Waals surface area contributed by atoms with E-state index < -0.39 is 15.6 Å². The zero-order valence-corrected chi connectivity index (χ0v) is 20.0. The Kier molecular flexibility index (Phi) is 7.84. The van der Waals surface area contributed by atoms with Crippen molar-refractivity contribution in [1.29, 1.82) is 0 Å². The molecule has 2 aromatic carbocycles. The minimum atomic E-state index is -3.63. The fraction of sp³-hybridized carbons (Fsp3) is 0.238. The summed E-state index contributed by atoms with van der Waals surface area (Å²) in [7, 11) is -3.63. The van der Waals surface area contributed by atoms with Crippen LogP contribution in [0.5, 0.6) is 0 Å². The third kappa shape index (κ3) is 8.00. The van der Waals surface area contributed by atoms with Crippen LogP contribution in [0, 0.1) is 0 Å². The number of carbonyl (C=O) groups is 1. The first-order chi connectivity index (χ1) is 15.6. The number of thioether (sulfide) groups is 1. The average molecular weight is 488 g/mol. The maximum atomic E-state index is 12.3. The topological polar surface area (TPSA) is 141 Å². The third-order valence-corrected chi connectivity index (χ3v) is 6.49. The molecule has 0 radical (unpaired) electrons. The van der Waals surface area contributed by atoms with Gasteiger partial charge in [0, 0.05) is 11.2 Å². The van der Waals surface area contributed by atoms with Crippen molar-refractivity contribution < 1.29 is 13.2 Å². The van der Waals surface area contributed by atoms with Crippen LogP contribution in [-0.2, 0) is 14.8 Å². The van der Waals surface area contributed by atoms with Crippen LogP contribution in [0.4, 0.5) is 11.6 Å². The van der Waals surface area contributed by atoms with E-state index in [9.17, 15) is 13.2 Å². The molecule has 1 amide bonds. The molecule has 0 atom stereocenters. The molecule has 0 saturated carbocycles. The lowest BCUT2D eigenvalue weighted by Crippen LogP contribution is -2.40. The summed E-state index contributed by atoms with van der Waals surface area (Å²) < 4.78 is 27.3. The van der Waals surface area contributed by atoms with E-state index in [2.05, 4.69) is 35.7 Å². The molecule has 33 heavy (non-hydrogen) atoms. The van der Waals surface area contributed by atoms with Crippen molar-refractivity contribution in [1.82, 2.24) is 19.9 Å². The molecule has 1 heterocycles. The minimum absolute atomic E-state index is 0.0796. The number of hydrogen-bond donors (Lipinski definition) is 4. The number of rotatable bonds is 9. The Balaban J connectivity index is 1.47. The lowest BCUT2D eigenvalue weighted by atomic mass is 10.1. The van der Waals surface area contributed by atoms with Crippen LogP contribution in [0.25, 0.3) is 0 Å². The Labute approximate surface area is 196 Å². The second-order valence-corrected chi connectivity index (χ2v) is 10.6. The quantitative estimate of drug-likeness (QED) is 0.206. The number of benzene rings is 2. The van der Waals surface area contributed by atoms with Gasteiger partial charge in [-0.25, -0.2) is 23.7 Å². The summed E-state index contributed by atoms with van der Waals surface area (Å²) in [4.78, 5) is 16.6. The number of aromatic amines is 1. The molecule has 3 aromatic rings. The maximum Gasteiger partial charge on any atom is 0.241 e. The molecule has 0 spiro atoms. The number of amides is 1. The van der Waals surface area contributed by atoms with E-state index in [0.717, 1.165) is 17.3 Å². The summed E-state index contributed by atoms with van der Waals surface area (Å²) in [5.74, 6) is 0.159. The predicted octanol–water partition coefficient (Wildman–Crippen LogP) is 3.06. The van der Waals surface area contributed by atoms with Crippen LogP contribution < -0.4 is 15.5 Å². The van der Waals surface area contributed by atoms with Crippen molar-refractivity contribution in [2.24, 2.45) is 5.10 Å². The van der Waals surface area contributed by atoms with Gasteiger partial charge < -0.3 is 5.32 Å². The first-order valence-corrected chi connectivity index (χ1v) is 12.4. The number of nitrogens with one attached hydrogen (secondary N) is 4. The third-order valence-electron chi connectivity index (χ3n) is 3.87. The Hall–Kier alpha value is -3.22.